The number of aromatic nitrogens is 2. The van der Waals surface area contributed by atoms with Crippen molar-refractivity contribution in [3.63, 3.8) is 0 Å². The zero-order chi connectivity index (χ0) is 34.9. The zero-order valence-corrected chi connectivity index (χ0v) is 28.4. The number of benzene rings is 3. The van der Waals surface area contributed by atoms with Gasteiger partial charge in [-0.15, -0.1) is 0 Å². The van der Waals surface area contributed by atoms with Crippen LogP contribution in [0.1, 0.15) is 71.6 Å². The molecule has 4 aromatic rings. The number of hydrogen-bond donors (Lipinski definition) is 3. The van der Waals surface area contributed by atoms with Crippen LogP contribution in [0.25, 0.3) is 10.8 Å². The molecule has 254 valence electrons. The molecule has 48 heavy (non-hydrogen) atoms. The van der Waals surface area contributed by atoms with Gasteiger partial charge in [0, 0.05) is 6.20 Å². The number of nitrogens with one attached hydrogen (secondary N) is 3. The van der Waals surface area contributed by atoms with Crippen molar-refractivity contribution in [1.29, 1.82) is 0 Å². The molecule has 0 aliphatic carbocycles. The quantitative estimate of drug-likeness (QED) is 0.152. The molecule has 0 saturated heterocycles. The Labute approximate surface area is 281 Å². The van der Waals surface area contributed by atoms with E-state index in [9.17, 15) is 19.2 Å². The summed E-state index contributed by atoms with van der Waals surface area (Å²) in [4.78, 5) is 57.1. The topological polar surface area (TPSA) is 141 Å². The lowest BCUT2D eigenvalue weighted by Gasteiger charge is -2.29. The molecule has 3 N–H and O–H groups in total. The van der Waals surface area contributed by atoms with Crippen molar-refractivity contribution in [1.82, 2.24) is 20.2 Å². The number of rotatable bonds is 13. The first-order valence-electron chi connectivity index (χ1n) is 16.1. The van der Waals surface area contributed by atoms with E-state index in [2.05, 4.69) is 20.9 Å². The fourth-order valence-corrected chi connectivity index (χ4v) is 5.16. The minimum atomic E-state index is -1.38. The second-order valence-electron chi connectivity index (χ2n) is 13.1. The van der Waals surface area contributed by atoms with Crippen LogP contribution in [0, 0.1) is 0 Å². The molecule has 0 saturated carbocycles. The molecule has 11 nitrogen and oxygen atoms in total. The smallest absolute Gasteiger partial charge is 0.408 e. The van der Waals surface area contributed by atoms with Gasteiger partial charge in [0.15, 0.2) is 11.9 Å². The SMILES string of the molecule is CCOC(=O)C(c1ccc2ccccc2c1)n1cnc(NC(=O)C(CCCc2ccccc2)NC(=O)C(C)(C)NC(=O)OC(C)(C)C)c1. The number of nitrogens with zero attached hydrogens (tertiary/aromatic N) is 2. The number of imidazole rings is 1. The molecule has 0 spiro atoms. The van der Waals surface area contributed by atoms with Gasteiger partial charge in [0.25, 0.3) is 0 Å². The summed E-state index contributed by atoms with van der Waals surface area (Å²) in [5.41, 5.74) is -0.324. The van der Waals surface area contributed by atoms with E-state index in [1.54, 1.807) is 38.5 Å². The monoisotopic (exact) mass is 655 g/mol. The molecular formula is C37H45N5O6. The van der Waals surface area contributed by atoms with Gasteiger partial charge in [-0.05, 0) is 88.8 Å². The Balaban J connectivity index is 1.53. The van der Waals surface area contributed by atoms with Crippen molar-refractivity contribution in [2.75, 3.05) is 11.9 Å². The van der Waals surface area contributed by atoms with Crippen molar-refractivity contribution < 1.29 is 28.7 Å². The Kier molecular flexibility index (Phi) is 11.6. The Morgan fingerprint density at radius 3 is 2.27 bits per heavy atom. The molecule has 0 bridgehead atoms. The molecule has 2 unspecified atom stereocenters. The largest absolute Gasteiger partial charge is 0.464 e. The van der Waals surface area contributed by atoms with Gasteiger partial charge < -0.3 is 30.0 Å². The number of carbonyl (C=O) groups is 4. The standard InChI is InChI=1S/C37H45N5O6/c1-7-47-33(44)31(28-21-20-26-17-11-12-18-27(26)22-28)42-23-30(38-24-42)40-32(43)29(19-13-16-25-14-9-8-10-15-25)39-34(45)37(5,6)41-35(46)48-36(2,3)4/h8-12,14-15,17-18,20-24,29,31H,7,13,16,19H2,1-6H3,(H,39,45)(H,40,43)(H,41,46). The highest BCUT2D eigenvalue weighted by Gasteiger charge is 2.34. The Hall–Kier alpha value is -5.19. The van der Waals surface area contributed by atoms with E-state index in [1.807, 2.05) is 72.8 Å². The highest BCUT2D eigenvalue weighted by Crippen LogP contribution is 2.26. The third-order valence-electron chi connectivity index (χ3n) is 7.55. The maximum Gasteiger partial charge on any atom is 0.408 e. The third-order valence-corrected chi connectivity index (χ3v) is 7.55. The molecule has 1 heterocycles. The number of amides is 3. The summed E-state index contributed by atoms with van der Waals surface area (Å²) in [7, 11) is 0. The Morgan fingerprint density at radius 1 is 0.896 bits per heavy atom. The van der Waals surface area contributed by atoms with Crippen LogP contribution in [0.4, 0.5) is 10.6 Å². The number of ether oxygens (including phenoxy) is 2. The van der Waals surface area contributed by atoms with Crippen LogP contribution in [0.3, 0.4) is 0 Å². The van der Waals surface area contributed by atoms with E-state index in [0.29, 0.717) is 24.8 Å². The van der Waals surface area contributed by atoms with Crippen LogP contribution < -0.4 is 16.0 Å². The van der Waals surface area contributed by atoms with Crippen molar-refractivity contribution >= 4 is 40.5 Å². The van der Waals surface area contributed by atoms with E-state index in [0.717, 1.165) is 16.3 Å². The van der Waals surface area contributed by atoms with E-state index in [4.69, 9.17) is 9.47 Å². The van der Waals surface area contributed by atoms with E-state index in [1.165, 1.54) is 20.2 Å². The van der Waals surface area contributed by atoms with E-state index >= 15 is 0 Å². The molecule has 3 amide bonds. The number of esters is 1. The number of hydrogen-bond acceptors (Lipinski definition) is 7. The van der Waals surface area contributed by atoms with Crippen LogP contribution >= 0.6 is 0 Å². The summed E-state index contributed by atoms with van der Waals surface area (Å²) in [5.74, 6) is -1.32. The molecular weight excluding hydrogens is 610 g/mol. The molecule has 2 atom stereocenters. The van der Waals surface area contributed by atoms with Crippen LogP contribution in [0.2, 0.25) is 0 Å². The number of aryl methyl sites for hydroxylation is 1. The van der Waals surface area contributed by atoms with Gasteiger partial charge in [-0.1, -0.05) is 66.7 Å². The van der Waals surface area contributed by atoms with Crippen LogP contribution in [0.15, 0.2) is 85.3 Å². The van der Waals surface area contributed by atoms with Crippen molar-refractivity contribution in [2.45, 2.75) is 84.0 Å². The predicted molar refractivity (Wildman–Crippen MR) is 184 cm³/mol. The first kappa shape index (κ1) is 35.7. The van der Waals surface area contributed by atoms with E-state index < -0.39 is 47.1 Å². The lowest BCUT2D eigenvalue weighted by Crippen LogP contribution is -2.58. The first-order valence-corrected chi connectivity index (χ1v) is 16.1. The van der Waals surface area contributed by atoms with Gasteiger partial charge in [-0.25, -0.2) is 14.6 Å². The number of alkyl carbamates (subject to hydrolysis) is 1. The molecule has 1 aromatic heterocycles. The summed E-state index contributed by atoms with van der Waals surface area (Å²) in [6.45, 7) is 10.2. The maximum atomic E-state index is 13.7. The molecule has 11 heteroatoms. The second kappa shape index (κ2) is 15.6. The lowest BCUT2D eigenvalue weighted by molar-refractivity contribution is -0.145. The fourth-order valence-electron chi connectivity index (χ4n) is 5.16. The highest BCUT2D eigenvalue weighted by molar-refractivity contribution is 5.98. The van der Waals surface area contributed by atoms with Gasteiger partial charge in [0.05, 0.1) is 12.9 Å². The highest BCUT2D eigenvalue weighted by atomic mass is 16.6. The summed E-state index contributed by atoms with van der Waals surface area (Å²) in [6, 6.07) is 21.6. The van der Waals surface area contributed by atoms with Gasteiger partial charge >= 0.3 is 12.1 Å². The number of carbonyl (C=O) groups excluding carboxylic acids is 4. The van der Waals surface area contributed by atoms with Gasteiger partial charge in [-0.3, -0.25) is 9.59 Å². The first-order chi connectivity index (χ1) is 22.8. The second-order valence-corrected chi connectivity index (χ2v) is 13.1. The van der Waals surface area contributed by atoms with Crippen LogP contribution in [-0.4, -0.2) is 57.2 Å². The summed E-state index contributed by atoms with van der Waals surface area (Å²) in [5, 5.41) is 10.2. The average Bonchev–Trinajstić information content (AvgIpc) is 3.47. The third kappa shape index (κ3) is 9.90. The molecule has 4 rings (SSSR count). The van der Waals surface area contributed by atoms with E-state index in [-0.39, 0.29) is 12.4 Å². The zero-order valence-electron chi connectivity index (χ0n) is 28.4. The summed E-state index contributed by atoms with van der Waals surface area (Å²) in [6.07, 6.45) is 3.89. The normalized spacial score (nSPS) is 12.9. The molecule has 0 aliphatic heterocycles. The Bertz CT molecular complexity index is 1730. The molecule has 0 radical (unpaired) electrons. The summed E-state index contributed by atoms with van der Waals surface area (Å²) < 4.78 is 12.3. The van der Waals surface area contributed by atoms with Crippen LogP contribution in [0.5, 0.6) is 0 Å². The minimum absolute atomic E-state index is 0.198. The van der Waals surface area contributed by atoms with Crippen molar-refractivity contribution in [3.8, 4) is 0 Å². The number of anilines is 1. The fraction of sp³-hybridized carbons (Fsp3) is 0.378. The maximum absolute atomic E-state index is 13.7. The van der Waals surface area contributed by atoms with Gasteiger partial charge in [0.1, 0.15) is 17.2 Å². The Morgan fingerprint density at radius 2 is 1.58 bits per heavy atom. The predicted octanol–water partition coefficient (Wildman–Crippen LogP) is 5.94. The van der Waals surface area contributed by atoms with Crippen molar-refractivity contribution in [2.24, 2.45) is 0 Å². The minimum Gasteiger partial charge on any atom is -0.464 e. The number of fused-ring (bicyclic) bond motifs is 1. The molecule has 0 aliphatic rings. The van der Waals surface area contributed by atoms with Gasteiger partial charge in [0.2, 0.25) is 11.8 Å². The summed E-state index contributed by atoms with van der Waals surface area (Å²) >= 11 is 0. The molecule has 3 aromatic carbocycles. The average molecular weight is 656 g/mol. The lowest BCUT2D eigenvalue weighted by atomic mass is 10.0. The van der Waals surface area contributed by atoms with Crippen molar-refractivity contribution in [3.05, 3.63) is 96.4 Å². The van der Waals surface area contributed by atoms with Gasteiger partial charge in [-0.2, -0.15) is 0 Å². The molecule has 0 fully saturated rings. The van der Waals surface area contributed by atoms with Crippen LogP contribution in [-0.2, 0) is 30.3 Å².